The van der Waals surface area contributed by atoms with Gasteiger partial charge < -0.3 is 9.80 Å². The molecule has 3 aromatic carbocycles. The first-order chi connectivity index (χ1) is 20.0. The lowest BCUT2D eigenvalue weighted by molar-refractivity contribution is -0.151. The molecular weight excluding hydrogens is 528 g/mol. The van der Waals surface area contributed by atoms with Crippen molar-refractivity contribution in [2.45, 2.75) is 52.1 Å². The summed E-state index contributed by atoms with van der Waals surface area (Å²) in [6.45, 7) is 5.46. The van der Waals surface area contributed by atoms with Crippen molar-refractivity contribution in [3.63, 3.8) is 0 Å². The fraction of sp³-hybridized carbons (Fsp3) is 0.353. The predicted molar refractivity (Wildman–Crippen MR) is 166 cm³/mol. The van der Waals surface area contributed by atoms with Gasteiger partial charge in [0.05, 0.1) is 0 Å². The quantitative estimate of drug-likeness (QED) is 0.274. The largest absolute Gasteiger partial charge is 0.332 e. The minimum atomic E-state index is -0.921. The second-order valence-corrected chi connectivity index (χ2v) is 11.1. The van der Waals surface area contributed by atoms with Crippen molar-refractivity contribution in [3.8, 4) is 0 Å². The first-order valence-corrected chi connectivity index (χ1v) is 14.2. The average molecular weight is 571 g/mol. The van der Waals surface area contributed by atoms with Crippen molar-refractivity contribution in [2.75, 3.05) is 21.1 Å². The highest BCUT2D eigenvalue weighted by molar-refractivity contribution is 5.95. The van der Waals surface area contributed by atoms with Gasteiger partial charge in [0.1, 0.15) is 12.1 Å². The lowest BCUT2D eigenvalue weighted by Crippen LogP contribution is -2.58. The Labute approximate surface area is 248 Å². The fourth-order valence-electron chi connectivity index (χ4n) is 4.82. The van der Waals surface area contributed by atoms with E-state index < -0.39 is 23.9 Å². The Kier molecular flexibility index (Phi) is 11.4. The highest BCUT2D eigenvalue weighted by Gasteiger charge is 2.36. The van der Waals surface area contributed by atoms with Crippen molar-refractivity contribution in [3.05, 3.63) is 96.1 Å². The summed E-state index contributed by atoms with van der Waals surface area (Å²) in [7, 11) is 4.66. The van der Waals surface area contributed by atoms with Crippen molar-refractivity contribution in [1.29, 1.82) is 0 Å². The summed E-state index contributed by atoms with van der Waals surface area (Å²) in [5.41, 5.74) is 4.25. The molecule has 4 amide bonds. The third-order valence-electron chi connectivity index (χ3n) is 7.24. The summed E-state index contributed by atoms with van der Waals surface area (Å²) >= 11 is 0. The number of nitrogens with one attached hydrogen (secondary N) is 1. The van der Waals surface area contributed by atoms with Gasteiger partial charge in [-0.1, -0.05) is 92.7 Å². The minimum Gasteiger partial charge on any atom is -0.332 e. The van der Waals surface area contributed by atoms with Crippen LogP contribution in [0, 0.1) is 5.92 Å². The molecule has 1 N–H and O–H groups in total. The summed E-state index contributed by atoms with van der Waals surface area (Å²) < 4.78 is 0. The summed E-state index contributed by atoms with van der Waals surface area (Å²) in [6, 6.07) is 21.6. The first kappa shape index (κ1) is 32.1. The van der Waals surface area contributed by atoms with Crippen LogP contribution in [0.25, 0.3) is 10.8 Å². The van der Waals surface area contributed by atoms with Crippen LogP contribution >= 0.6 is 0 Å². The Morgan fingerprint density at radius 1 is 0.738 bits per heavy atom. The molecule has 8 nitrogen and oxygen atoms in total. The van der Waals surface area contributed by atoms with Crippen LogP contribution in [0.5, 0.6) is 0 Å². The summed E-state index contributed by atoms with van der Waals surface area (Å²) in [5, 5.41) is 3.23. The van der Waals surface area contributed by atoms with Gasteiger partial charge in [0, 0.05) is 40.9 Å². The van der Waals surface area contributed by atoms with E-state index in [0.29, 0.717) is 5.92 Å². The van der Waals surface area contributed by atoms with Crippen molar-refractivity contribution in [1.82, 2.24) is 20.2 Å². The minimum absolute atomic E-state index is 0.237. The highest BCUT2D eigenvalue weighted by atomic mass is 16.2. The molecule has 0 aliphatic carbocycles. The molecule has 0 unspecified atom stereocenters. The molecule has 3 rings (SSSR count). The van der Waals surface area contributed by atoms with Gasteiger partial charge in [-0.25, -0.2) is 0 Å². The average Bonchev–Trinajstić information content (AvgIpc) is 2.97. The summed E-state index contributed by atoms with van der Waals surface area (Å²) in [6.07, 6.45) is 4.58. The van der Waals surface area contributed by atoms with Crippen molar-refractivity contribution < 1.29 is 19.2 Å². The fourth-order valence-corrected chi connectivity index (χ4v) is 4.82. The van der Waals surface area contributed by atoms with Gasteiger partial charge in [-0.3, -0.25) is 29.6 Å². The highest BCUT2D eigenvalue weighted by Crippen LogP contribution is 2.20. The number of hydrazine groups is 1. The Bertz CT molecular complexity index is 1420. The van der Waals surface area contributed by atoms with Crippen LogP contribution in [0.3, 0.4) is 0 Å². The van der Waals surface area contributed by atoms with Gasteiger partial charge in [-0.05, 0) is 40.3 Å². The number of likely N-dealkylation sites (N-methyl/N-ethyl adjacent to an activating group) is 3. The Morgan fingerprint density at radius 2 is 1.33 bits per heavy atom. The predicted octanol–water partition coefficient (Wildman–Crippen LogP) is 4.39. The lowest BCUT2D eigenvalue weighted by atomic mass is 9.98. The first-order valence-electron chi connectivity index (χ1n) is 14.2. The monoisotopic (exact) mass is 570 g/mol. The maximum Gasteiger partial charge on any atom is 0.263 e. The van der Waals surface area contributed by atoms with Gasteiger partial charge >= 0.3 is 0 Å². The van der Waals surface area contributed by atoms with E-state index in [0.717, 1.165) is 33.3 Å². The molecule has 0 aliphatic rings. The normalized spacial score (nSPS) is 12.6. The smallest absolute Gasteiger partial charge is 0.263 e. The van der Waals surface area contributed by atoms with Gasteiger partial charge in [0.15, 0.2) is 0 Å². The van der Waals surface area contributed by atoms with Gasteiger partial charge in [0.2, 0.25) is 17.7 Å². The number of hydrogen-bond donors (Lipinski definition) is 1. The van der Waals surface area contributed by atoms with Crippen molar-refractivity contribution in [2.24, 2.45) is 5.92 Å². The molecule has 3 aromatic rings. The number of carbonyl (C=O) groups excluding carboxylic acids is 4. The molecule has 0 radical (unpaired) electrons. The van der Waals surface area contributed by atoms with Crippen molar-refractivity contribution >= 4 is 34.4 Å². The number of allylic oxidation sites excluding steroid dienone is 1. The number of carbonyl (C=O) groups is 4. The van der Waals surface area contributed by atoms with Crippen LogP contribution in [0.15, 0.2) is 84.9 Å². The molecule has 222 valence electrons. The topological polar surface area (TPSA) is 90.0 Å². The van der Waals surface area contributed by atoms with E-state index in [4.69, 9.17) is 0 Å². The molecule has 0 fully saturated rings. The number of hydrogen-bond acceptors (Lipinski definition) is 4. The lowest BCUT2D eigenvalue weighted by Gasteiger charge is -2.35. The molecule has 0 heterocycles. The summed E-state index contributed by atoms with van der Waals surface area (Å²) in [5.74, 6) is -1.11. The molecule has 0 aromatic heterocycles. The number of benzene rings is 3. The summed E-state index contributed by atoms with van der Waals surface area (Å²) in [4.78, 5) is 55.7. The molecular formula is C34H42N4O4. The Hall–Kier alpha value is -4.46. The van der Waals surface area contributed by atoms with Gasteiger partial charge in [0.25, 0.3) is 5.91 Å². The zero-order valence-electron chi connectivity index (χ0n) is 25.4. The number of rotatable bonds is 11. The van der Waals surface area contributed by atoms with Crippen LogP contribution in [-0.2, 0) is 32.0 Å². The standard InChI is InChI=1S/C34H42N4O4/c1-24(2)13-12-18-32(40)36(4)30(23-27-19-20-28-16-10-11-17-29(28)21-27)33(41)37(5)31(22-26-14-8-7-9-15-26)34(42)38(6)35-25(3)39/h7-12,14-21,24,30-31H,13,22-23H2,1-6H3,(H,35,39)/t30-,31-/m1/s1. The molecule has 0 saturated heterocycles. The Morgan fingerprint density at radius 3 is 1.98 bits per heavy atom. The second-order valence-electron chi connectivity index (χ2n) is 11.1. The van der Waals surface area contributed by atoms with Crippen LogP contribution in [-0.4, -0.2) is 71.7 Å². The molecule has 0 aliphatic heterocycles. The zero-order valence-corrected chi connectivity index (χ0v) is 25.4. The van der Waals surface area contributed by atoms with Crippen LogP contribution in [0.1, 0.15) is 38.3 Å². The van der Waals surface area contributed by atoms with E-state index in [-0.39, 0.29) is 24.7 Å². The van der Waals surface area contributed by atoms with Gasteiger partial charge in [-0.15, -0.1) is 0 Å². The van der Waals surface area contributed by atoms with Crippen LogP contribution in [0.4, 0.5) is 0 Å². The van der Waals surface area contributed by atoms with E-state index >= 15 is 0 Å². The maximum absolute atomic E-state index is 14.3. The molecule has 8 heteroatoms. The van der Waals surface area contributed by atoms with Crippen LogP contribution < -0.4 is 5.43 Å². The second kappa shape index (κ2) is 15.0. The zero-order chi connectivity index (χ0) is 30.8. The maximum atomic E-state index is 14.3. The van der Waals surface area contributed by atoms with Crippen LogP contribution in [0.2, 0.25) is 0 Å². The number of fused-ring (bicyclic) bond motifs is 1. The number of amides is 4. The van der Waals surface area contributed by atoms with E-state index in [1.165, 1.54) is 29.8 Å². The third-order valence-corrected chi connectivity index (χ3v) is 7.24. The molecule has 2 atom stereocenters. The molecule has 0 saturated carbocycles. The Balaban J connectivity index is 1.98. The van der Waals surface area contributed by atoms with E-state index in [1.54, 1.807) is 14.1 Å². The molecule has 0 bridgehead atoms. The number of nitrogens with zero attached hydrogens (tertiary/aromatic N) is 3. The third kappa shape index (κ3) is 8.77. The molecule has 0 spiro atoms. The van der Waals surface area contributed by atoms with E-state index in [9.17, 15) is 19.2 Å². The van der Waals surface area contributed by atoms with E-state index in [1.807, 2.05) is 78.9 Å². The SMILES string of the molecule is CC(=O)NN(C)C(=O)[C@@H](Cc1ccccc1)N(C)C(=O)[C@@H](Cc1ccc2ccccc2c1)N(C)C(=O)C=CCC(C)C. The van der Waals surface area contributed by atoms with E-state index in [2.05, 4.69) is 19.3 Å². The molecule has 42 heavy (non-hydrogen) atoms. The van der Waals surface area contributed by atoms with Gasteiger partial charge in [-0.2, -0.15) is 0 Å².